The van der Waals surface area contributed by atoms with Crippen LogP contribution in [-0.2, 0) is 0 Å². The number of unbranched alkanes of at least 4 members (excludes halogenated alkanes) is 1. The Morgan fingerprint density at radius 1 is 1.00 bits per heavy atom. The summed E-state index contributed by atoms with van der Waals surface area (Å²) in [6.45, 7) is 9.20. The Kier molecular flexibility index (Phi) is 8.86. The Bertz CT molecular complexity index is 120. The van der Waals surface area contributed by atoms with Crippen LogP contribution in [0.5, 0.6) is 0 Å². The first kappa shape index (κ1) is 14.3. The van der Waals surface area contributed by atoms with Crippen molar-refractivity contribution in [1.82, 2.24) is 0 Å². The predicted octanol–water partition coefficient (Wildman–Crippen LogP) is 4.94. The van der Waals surface area contributed by atoms with Crippen molar-refractivity contribution >= 4 is 12.6 Å². The molecule has 0 aliphatic rings. The Labute approximate surface area is 96.3 Å². The Hall–Kier alpha value is 0.350. The highest BCUT2D eigenvalue weighted by Crippen LogP contribution is 2.18. The van der Waals surface area contributed by atoms with Gasteiger partial charge in [-0.05, 0) is 24.7 Å². The molecule has 0 radical (unpaired) electrons. The van der Waals surface area contributed by atoms with Gasteiger partial charge in [-0.25, -0.2) is 0 Å². The van der Waals surface area contributed by atoms with Gasteiger partial charge >= 0.3 is 0 Å². The van der Waals surface area contributed by atoms with E-state index in [2.05, 4.69) is 40.3 Å². The van der Waals surface area contributed by atoms with Crippen molar-refractivity contribution in [2.24, 2.45) is 11.8 Å². The van der Waals surface area contributed by atoms with Crippen LogP contribution in [0.3, 0.4) is 0 Å². The molecule has 0 aliphatic carbocycles. The topological polar surface area (TPSA) is 0 Å². The summed E-state index contributed by atoms with van der Waals surface area (Å²) in [4.78, 5) is 0. The third-order valence-electron chi connectivity index (χ3n) is 2.92. The van der Waals surface area contributed by atoms with Crippen molar-refractivity contribution in [2.75, 3.05) is 0 Å². The summed E-state index contributed by atoms with van der Waals surface area (Å²) >= 11 is 4.62. The van der Waals surface area contributed by atoms with E-state index in [-0.39, 0.29) is 0 Å². The van der Waals surface area contributed by atoms with Gasteiger partial charge < -0.3 is 0 Å². The largest absolute Gasteiger partial charge is 0.176 e. The first-order chi connectivity index (χ1) is 6.56. The van der Waals surface area contributed by atoms with Gasteiger partial charge in [-0.1, -0.05) is 53.4 Å². The van der Waals surface area contributed by atoms with Crippen molar-refractivity contribution in [2.45, 2.75) is 71.5 Å². The highest BCUT2D eigenvalue weighted by Gasteiger charge is 2.06. The smallest absolute Gasteiger partial charge is 0.00192 e. The fraction of sp³-hybridized carbons (Fsp3) is 1.00. The van der Waals surface area contributed by atoms with Gasteiger partial charge in [0.15, 0.2) is 0 Å². The van der Waals surface area contributed by atoms with Crippen LogP contribution in [0, 0.1) is 11.8 Å². The van der Waals surface area contributed by atoms with E-state index in [4.69, 9.17) is 0 Å². The molecule has 0 heterocycles. The quantitative estimate of drug-likeness (QED) is 0.431. The molecule has 0 aromatic rings. The van der Waals surface area contributed by atoms with Gasteiger partial charge in [0.2, 0.25) is 0 Å². The van der Waals surface area contributed by atoms with E-state index in [9.17, 15) is 0 Å². The van der Waals surface area contributed by atoms with Crippen molar-refractivity contribution in [3.05, 3.63) is 0 Å². The monoisotopic (exact) mass is 216 g/mol. The molecule has 0 rings (SSSR count). The molecule has 0 aromatic heterocycles. The zero-order valence-electron chi connectivity index (χ0n) is 10.4. The highest BCUT2D eigenvalue weighted by molar-refractivity contribution is 7.80. The van der Waals surface area contributed by atoms with Gasteiger partial charge in [-0.2, -0.15) is 12.6 Å². The van der Waals surface area contributed by atoms with E-state index < -0.39 is 0 Å². The zero-order chi connectivity index (χ0) is 11.0. The Morgan fingerprint density at radius 3 is 2.07 bits per heavy atom. The molecule has 0 spiro atoms. The van der Waals surface area contributed by atoms with Crippen LogP contribution in [-0.4, -0.2) is 5.25 Å². The maximum Gasteiger partial charge on any atom is 0.00192 e. The summed E-state index contributed by atoms with van der Waals surface area (Å²) in [6, 6.07) is 0. The summed E-state index contributed by atoms with van der Waals surface area (Å²) in [5.41, 5.74) is 0. The molecule has 0 N–H and O–H groups in total. The minimum Gasteiger partial charge on any atom is -0.176 e. The maximum atomic E-state index is 4.62. The predicted molar refractivity (Wildman–Crippen MR) is 70.2 cm³/mol. The minimum atomic E-state index is 0.631. The van der Waals surface area contributed by atoms with Crippen molar-refractivity contribution < 1.29 is 0 Å². The Morgan fingerprint density at radius 2 is 1.57 bits per heavy atom. The highest BCUT2D eigenvalue weighted by atomic mass is 32.1. The van der Waals surface area contributed by atoms with Crippen LogP contribution in [0.4, 0.5) is 0 Å². The first-order valence-corrected chi connectivity index (χ1v) is 6.75. The standard InChI is InChI=1S/C13H28S/c1-5-12(4)8-6-7-9-13(14)10-11(2)3/h11-14H,5-10H2,1-4H3. The van der Waals surface area contributed by atoms with E-state index in [0.29, 0.717) is 5.25 Å². The summed E-state index contributed by atoms with van der Waals surface area (Å²) in [6.07, 6.45) is 8.06. The van der Waals surface area contributed by atoms with Crippen molar-refractivity contribution in [3.63, 3.8) is 0 Å². The lowest BCUT2D eigenvalue weighted by molar-refractivity contribution is 0.465. The van der Waals surface area contributed by atoms with E-state index in [1.165, 1.54) is 38.5 Å². The molecule has 0 fully saturated rings. The molecule has 2 atom stereocenters. The molecule has 1 heteroatoms. The van der Waals surface area contributed by atoms with Crippen molar-refractivity contribution in [1.29, 1.82) is 0 Å². The molecule has 0 nitrogen and oxygen atoms in total. The van der Waals surface area contributed by atoms with Crippen molar-refractivity contribution in [3.8, 4) is 0 Å². The molecule has 0 bridgehead atoms. The average Bonchev–Trinajstić information content (AvgIpc) is 2.10. The summed E-state index contributed by atoms with van der Waals surface area (Å²) in [7, 11) is 0. The molecular weight excluding hydrogens is 188 g/mol. The lowest BCUT2D eigenvalue weighted by atomic mass is 9.98. The fourth-order valence-corrected chi connectivity index (χ4v) is 2.34. The summed E-state index contributed by atoms with van der Waals surface area (Å²) in [5.74, 6) is 1.71. The first-order valence-electron chi connectivity index (χ1n) is 6.24. The maximum absolute atomic E-state index is 4.62. The van der Waals surface area contributed by atoms with Gasteiger partial charge in [-0.3, -0.25) is 0 Å². The molecule has 0 amide bonds. The van der Waals surface area contributed by atoms with Gasteiger partial charge in [0.25, 0.3) is 0 Å². The summed E-state index contributed by atoms with van der Waals surface area (Å²) in [5, 5.41) is 0.631. The number of hydrogen-bond acceptors (Lipinski definition) is 1. The molecule has 2 unspecified atom stereocenters. The number of rotatable bonds is 8. The minimum absolute atomic E-state index is 0.631. The zero-order valence-corrected chi connectivity index (χ0v) is 11.3. The molecule has 0 saturated carbocycles. The van der Waals surface area contributed by atoms with Gasteiger partial charge in [0.05, 0.1) is 0 Å². The molecular formula is C13H28S. The molecule has 0 aromatic carbocycles. The third kappa shape index (κ3) is 8.93. The fourth-order valence-electron chi connectivity index (χ4n) is 1.74. The van der Waals surface area contributed by atoms with Crippen LogP contribution in [0.2, 0.25) is 0 Å². The van der Waals surface area contributed by atoms with Gasteiger partial charge in [-0.15, -0.1) is 0 Å². The second-order valence-electron chi connectivity index (χ2n) is 5.08. The van der Waals surface area contributed by atoms with Crippen LogP contribution >= 0.6 is 12.6 Å². The van der Waals surface area contributed by atoms with E-state index in [1.807, 2.05) is 0 Å². The Balaban J connectivity index is 3.27. The molecule has 0 saturated heterocycles. The average molecular weight is 216 g/mol. The third-order valence-corrected chi connectivity index (χ3v) is 3.39. The number of thiol groups is 1. The van der Waals surface area contributed by atoms with E-state index in [0.717, 1.165) is 11.8 Å². The van der Waals surface area contributed by atoms with Crippen LogP contribution < -0.4 is 0 Å². The van der Waals surface area contributed by atoms with Crippen LogP contribution in [0.15, 0.2) is 0 Å². The number of hydrogen-bond donors (Lipinski definition) is 1. The molecule has 14 heavy (non-hydrogen) atoms. The van der Waals surface area contributed by atoms with E-state index in [1.54, 1.807) is 0 Å². The molecule has 0 aliphatic heterocycles. The van der Waals surface area contributed by atoms with E-state index >= 15 is 0 Å². The second kappa shape index (κ2) is 8.64. The van der Waals surface area contributed by atoms with Gasteiger partial charge in [0.1, 0.15) is 0 Å². The normalized spacial score (nSPS) is 15.9. The van der Waals surface area contributed by atoms with Crippen LogP contribution in [0.25, 0.3) is 0 Å². The SMILES string of the molecule is CCC(C)CCCCC(S)CC(C)C. The summed E-state index contributed by atoms with van der Waals surface area (Å²) < 4.78 is 0. The lowest BCUT2D eigenvalue weighted by Crippen LogP contribution is -2.03. The second-order valence-corrected chi connectivity index (χ2v) is 5.81. The van der Waals surface area contributed by atoms with Gasteiger partial charge in [0, 0.05) is 5.25 Å². The lowest BCUT2D eigenvalue weighted by Gasteiger charge is -2.13. The molecule has 86 valence electrons. The van der Waals surface area contributed by atoms with Crippen LogP contribution in [0.1, 0.15) is 66.2 Å².